The minimum atomic E-state index is -0.490. The van der Waals surface area contributed by atoms with Crippen molar-refractivity contribution < 1.29 is 13.3 Å². The van der Waals surface area contributed by atoms with Crippen molar-refractivity contribution in [3.63, 3.8) is 0 Å². The maximum absolute atomic E-state index is 6.69. The third-order valence-corrected chi connectivity index (χ3v) is 15.6. The lowest BCUT2D eigenvalue weighted by Crippen LogP contribution is -2.28. The molecule has 0 saturated heterocycles. The van der Waals surface area contributed by atoms with Crippen molar-refractivity contribution in [3.8, 4) is 67.5 Å². The molecule has 11 aromatic carbocycles. The first kappa shape index (κ1) is 42.3. The summed E-state index contributed by atoms with van der Waals surface area (Å²) in [6, 6.07) is 87.8. The van der Waals surface area contributed by atoms with Crippen LogP contribution in [0.5, 0.6) is 0 Å². The summed E-state index contributed by atoms with van der Waals surface area (Å²) in [7, 11) is 0. The third-order valence-electron chi connectivity index (χ3n) is 15.6. The molecule has 0 radical (unpaired) electrons. The van der Waals surface area contributed by atoms with E-state index in [0.717, 1.165) is 99.2 Å². The van der Waals surface area contributed by atoms with E-state index in [9.17, 15) is 0 Å². The van der Waals surface area contributed by atoms with Crippen LogP contribution in [0, 0.1) is 0 Å². The van der Waals surface area contributed by atoms with Crippen molar-refractivity contribution in [2.24, 2.45) is 0 Å². The molecular weight excluding hydrogens is 931 g/mol. The molecule has 1 aliphatic carbocycles. The van der Waals surface area contributed by atoms with E-state index in [4.69, 9.17) is 28.2 Å². The molecule has 6 nitrogen and oxygen atoms in total. The summed E-state index contributed by atoms with van der Waals surface area (Å²) >= 11 is 0. The van der Waals surface area contributed by atoms with Crippen LogP contribution in [0.1, 0.15) is 22.3 Å². The Morgan fingerprint density at radius 3 is 1.46 bits per heavy atom. The summed E-state index contributed by atoms with van der Waals surface area (Å²) in [5.41, 5.74) is 18.8. The van der Waals surface area contributed by atoms with E-state index in [1.54, 1.807) is 0 Å². The molecule has 0 atom stereocenters. The summed E-state index contributed by atoms with van der Waals surface area (Å²) in [6.07, 6.45) is 0. The second-order valence-corrected chi connectivity index (χ2v) is 19.7. The predicted octanol–water partition coefficient (Wildman–Crippen LogP) is 18.3. The van der Waals surface area contributed by atoms with Gasteiger partial charge in [0.15, 0.2) is 17.5 Å². The summed E-state index contributed by atoms with van der Waals surface area (Å²) in [4.78, 5) is 16.0. The van der Waals surface area contributed by atoms with Crippen LogP contribution >= 0.6 is 0 Å². The Morgan fingerprint density at radius 2 is 0.724 bits per heavy atom. The van der Waals surface area contributed by atoms with Crippen molar-refractivity contribution in [1.29, 1.82) is 0 Å². The normalized spacial score (nSPS) is 12.8. The zero-order valence-corrected chi connectivity index (χ0v) is 40.7. The van der Waals surface area contributed by atoms with Gasteiger partial charge in [-0.15, -0.1) is 0 Å². The van der Waals surface area contributed by atoms with Crippen LogP contribution in [-0.4, -0.2) is 15.0 Å². The van der Waals surface area contributed by atoms with Crippen LogP contribution in [0.4, 0.5) is 0 Å². The van der Waals surface area contributed by atoms with Gasteiger partial charge >= 0.3 is 0 Å². The van der Waals surface area contributed by atoms with Gasteiger partial charge in [0.2, 0.25) is 0 Å². The lowest BCUT2D eigenvalue weighted by Gasteiger charge is -2.34. The lowest BCUT2D eigenvalue weighted by molar-refractivity contribution is 0.668. The first-order valence-electron chi connectivity index (χ1n) is 25.6. The molecule has 354 valence electrons. The SMILES string of the molecule is c1ccc(C2(c3ccccc3)c3ccccc3-c3c(-c4cccc(-c5ccc6oc7cccc(-c8nc(-c9ccc%10oc%11ccccc%11c%10c9)nc(-c9cccc%10oc%11ccccc%11c9%10)n8)c7c6c5)c4)cccc32)cc1. The predicted molar refractivity (Wildman–Crippen MR) is 306 cm³/mol. The minimum absolute atomic E-state index is 0.490. The molecule has 0 unspecified atom stereocenters. The smallest absolute Gasteiger partial charge is 0.164 e. The molecule has 0 saturated carbocycles. The molecule has 6 heteroatoms. The molecule has 0 spiro atoms. The van der Waals surface area contributed by atoms with Gasteiger partial charge in [-0.2, -0.15) is 0 Å². The number of rotatable bonds is 7. The quantitative estimate of drug-likeness (QED) is 0.158. The monoisotopic (exact) mass is 971 g/mol. The number of hydrogen-bond donors (Lipinski definition) is 0. The molecular formula is C70H41N3O3. The average molecular weight is 972 g/mol. The number of para-hydroxylation sites is 2. The number of aromatic nitrogens is 3. The number of hydrogen-bond acceptors (Lipinski definition) is 6. The fourth-order valence-corrected chi connectivity index (χ4v) is 12.4. The van der Waals surface area contributed by atoms with Gasteiger partial charge in [0.25, 0.3) is 0 Å². The van der Waals surface area contributed by atoms with E-state index >= 15 is 0 Å². The van der Waals surface area contributed by atoms with E-state index in [0.29, 0.717) is 17.5 Å². The highest BCUT2D eigenvalue weighted by molar-refractivity contribution is 6.14. The van der Waals surface area contributed by atoms with E-state index in [-0.39, 0.29) is 0 Å². The largest absolute Gasteiger partial charge is 0.456 e. The maximum atomic E-state index is 6.69. The molecule has 4 aromatic heterocycles. The minimum Gasteiger partial charge on any atom is -0.456 e. The Balaban J connectivity index is 0.867. The highest BCUT2D eigenvalue weighted by Gasteiger charge is 2.46. The number of nitrogens with zero attached hydrogens (tertiary/aromatic N) is 3. The van der Waals surface area contributed by atoms with E-state index < -0.39 is 5.41 Å². The highest BCUT2D eigenvalue weighted by Crippen LogP contribution is 2.58. The molecule has 0 bridgehead atoms. The molecule has 15 aromatic rings. The summed E-state index contributed by atoms with van der Waals surface area (Å²) in [5, 5.41) is 5.87. The van der Waals surface area contributed by atoms with Gasteiger partial charge in [0, 0.05) is 49.0 Å². The van der Waals surface area contributed by atoms with E-state index in [2.05, 4.69) is 176 Å². The van der Waals surface area contributed by atoms with Crippen molar-refractivity contribution >= 4 is 65.8 Å². The zero-order chi connectivity index (χ0) is 49.9. The molecule has 16 rings (SSSR count). The Kier molecular flexibility index (Phi) is 9.15. The van der Waals surface area contributed by atoms with Gasteiger partial charge in [0.05, 0.1) is 5.41 Å². The fourth-order valence-electron chi connectivity index (χ4n) is 12.4. The van der Waals surface area contributed by atoms with Crippen LogP contribution < -0.4 is 0 Å². The van der Waals surface area contributed by atoms with Crippen molar-refractivity contribution in [2.75, 3.05) is 0 Å². The topological polar surface area (TPSA) is 78.1 Å². The number of fused-ring (bicyclic) bond motifs is 12. The molecule has 4 heterocycles. The molecule has 0 fully saturated rings. The van der Waals surface area contributed by atoms with Gasteiger partial charge in [-0.3, -0.25) is 0 Å². The van der Waals surface area contributed by atoms with Crippen molar-refractivity contribution in [2.45, 2.75) is 5.41 Å². The third kappa shape index (κ3) is 6.25. The van der Waals surface area contributed by atoms with Crippen LogP contribution in [0.3, 0.4) is 0 Å². The Morgan fingerprint density at radius 1 is 0.263 bits per heavy atom. The van der Waals surface area contributed by atoms with Crippen LogP contribution in [0.25, 0.3) is 133 Å². The first-order chi connectivity index (χ1) is 37.7. The molecule has 0 amide bonds. The van der Waals surface area contributed by atoms with Gasteiger partial charge in [-0.25, -0.2) is 15.0 Å². The Hall–Kier alpha value is -10.2. The molecule has 1 aliphatic rings. The van der Waals surface area contributed by atoms with Crippen LogP contribution in [0.15, 0.2) is 262 Å². The molecule has 0 aliphatic heterocycles. The van der Waals surface area contributed by atoms with E-state index in [1.807, 2.05) is 72.8 Å². The lowest BCUT2D eigenvalue weighted by atomic mass is 9.67. The van der Waals surface area contributed by atoms with Gasteiger partial charge in [-0.1, -0.05) is 188 Å². The van der Waals surface area contributed by atoms with Gasteiger partial charge in [0.1, 0.15) is 33.5 Å². The Labute approximate surface area is 435 Å². The number of furan rings is 3. The summed E-state index contributed by atoms with van der Waals surface area (Å²) < 4.78 is 19.3. The van der Waals surface area contributed by atoms with Crippen LogP contribution in [-0.2, 0) is 5.41 Å². The number of benzene rings is 11. The molecule has 0 N–H and O–H groups in total. The van der Waals surface area contributed by atoms with Crippen LogP contribution in [0.2, 0.25) is 0 Å². The average Bonchev–Trinajstić information content (AvgIpc) is 4.40. The van der Waals surface area contributed by atoms with E-state index in [1.165, 1.54) is 38.9 Å². The highest BCUT2D eigenvalue weighted by atomic mass is 16.3. The maximum Gasteiger partial charge on any atom is 0.164 e. The van der Waals surface area contributed by atoms with Gasteiger partial charge in [-0.05, 0) is 116 Å². The van der Waals surface area contributed by atoms with Crippen molar-refractivity contribution in [1.82, 2.24) is 15.0 Å². The second kappa shape index (κ2) is 16.4. The van der Waals surface area contributed by atoms with Crippen molar-refractivity contribution in [3.05, 3.63) is 271 Å². The Bertz CT molecular complexity index is 4800. The zero-order valence-electron chi connectivity index (χ0n) is 40.7. The second-order valence-electron chi connectivity index (χ2n) is 19.7. The summed E-state index contributed by atoms with van der Waals surface area (Å²) in [6.45, 7) is 0. The first-order valence-corrected chi connectivity index (χ1v) is 25.6. The summed E-state index contributed by atoms with van der Waals surface area (Å²) in [5.74, 6) is 1.61. The molecule has 76 heavy (non-hydrogen) atoms. The standard InChI is InChI=1S/C70H41N3O3/c1-3-19-46(20-4-1)70(47-21-5-2-6-22-47)56-29-10-7-24-50(56)64-48(26-14-30-57(64)70)44-18-13-17-42(39-44)43-35-37-61-55(40-43)66-53(28-16-34-63(66)76-61)69-72-67(45-36-38-60-54(41-45)49-23-8-11-31-58(49)74-60)71-68(73-69)52-27-15-33-62-65(52)51-25-9-12-32-59(51)75-62/h1-41H. The van der Waals surface area contributed by atoms with Gasteiger partial charge < -0.3 is 13.3 Å². The fraction of sp³-hybridized carbons (Fsp3) is 0.0143.